The van der Waals surface area contributed by atoms with Crippen LogP contribution in [0.5, 0.6) is 0 Å². The molecule has 4 rings (SSSR count). The molecule has 0 aromatic carbocycles. The highest BCUT2D eigenvalue weighted by molar-refractivity contribution is 8.01. The first-order valence-electron chi connectivity index (χ1n) is 11.5. The highest BCUT2D eigenvalue weighted by Crippen LogP contribution is 2.67. The van der Waals surface area contributed by atoms with Gasteiger partial charge in [0.25, 0.3) is 0 Å². The Morgan fingerprint density at radius 3 is 2.48 bits per heavy atom. The number of Topliss-reactive ketones (excluding diaryl/α,β-unsaturated/α-hetero) is 1. The van der Waals surface area contributed by atoms with Crippen LogP contribution in [-0.2, 0) is 9.59 Å². The molecule has 0 saturated heterocycles. The van der Waals surface area contributed by atoms with Crippen LogP contribution in [0, 0.1) is 28.6 Å². The van der Waals surface area contributed by atoms with Gasteiger partial charge in [0, 0.05) is 16.6 Å². The van der Waals surface area contributed by atoms with Crippen molar-refractivity contribution in [2.24, 2.45) is 28.6 Å². The summed E-state index contributed by atoms with van der Waals surface area (Å²) in [6.07, 6.45) is 9.33. The second kappa shape index (κ2) is 6.95. The van der Waals surface area contributed by atoms with Crippen LogP contribution in [0.2, 0.25) is 0 Å². The second-order valence-electron chi connectivity index (χ2n) is 11.6. The highest BCUT2D eigenvalue weighted by atomic mass is 32.2. The highest BCUT2D eigenvalue weighted by Gasteiger charge is 2.66. The summed E-state index contributed by atoms with van der Waals surface area (Å²) in [6.45, 7) is 11.0. The Kier molecular flexibility index (Phi) is 5.18. The summed E-state index contributed by atoms with van der Waals surface area (Å²) in [6, 6.07) is 0. The molecule has 4 aliphatic rings. The van der Waals surface area contributed by atoms with Gasteiger partial charge in [0.05, 0.1) is 5.75 Å². The van der Waals surface area contributed by atoms with Crippen molar-refractivity contribution in [1.82, 2.24) is 0 Å². The lowest BCUT2D eigenvalue weighted by molar-refractivity contribution is -0.159. The van der Waals surface area contributed by atoms with E-state index < -0.39 is 5.60 Å². The number of hydrogen-bond acceptors (Lipinski definition) is 4. The van der Waals surface area contributed by atoms with E-state index in [9.17, 15) is 14.7 Å². The van der Waals surface area contributed by atoms with Crippen molar-refractivity contribution in [3.63, 3.8) is 0 Å². The fourth-order valence-electron chi connectivity index (χ4n) is 7.43. The van der Waals surface area contributed by atoms with E-state index in [2.05, 4.69) is 34.6 Å². The van der Waals surface area contributed by atoms with E-state index >= 15 is 0 Å². The number of allylic oxidation sites excluding steroid dienone is 1. The van der Waals surface area contributed by atoms with Crippen molar-refractivity contribution < 1.29 is 14.7 Å². The number of thioether (sulfide) groups is 1. The van der Waals surface area contributed by atoms with Crippen molar-refractivity contribution >= 4 is 23.3 Å². The maximum Gasteiger partial charge on any atom is 0.174 e. The molecule has 0 aromatic rings. The van der Waals surface area contributed by atoms with E-state index in [-0.39, 0.29) is 21.4 Å². The molecule has 0 radical (unpaired) electrons. The molecule has 0 aliphatic heterocycles. The van der Waals surface area contributed by atoms with E-state index in [1.807, 2.05) is 6.08 Å². The molecule has 0 bridgehead atoms. The smallest absolute Gasteiger partial charge is 0.174 e. The maximum atomic E-state index is 13.2. The first kappa shape index (κ1) is 21.6. The lowest BCUT2D eigenvalue weighted by Gasteiger charge is -2.58. The van der Waals surface area contributed by atoms with Crippen LogP contribution in [0.15, 0.2) is 11.6 Å². The third kappa shape index (κ3) is 3.28. The lowest BCUT2D eigenvalue weighted by Crippen LogP contribution is -2.58. The van der Waals surface area contributed by atoms with E-state index in [4.69, 9.17) is 0 Å². The van der Waals surface area contributed by atoms with Crippen molar-refractivity contribution in [3.8, 4) is 0 Å². The molecule has 162 valence electrons. The van der Waals surface area contributed by atoms with Crippen LogP contribution < -0.4 is 0 Å². The van der Waals surface area contributed by atoms with Crippen LogP contribution in [-0.4, -0.2) is 32.8 Å². The Morgan fingerprint density at radius 1 is 1.10 bits per heavy atom. The molecule has 3 saturated carbocycles. The van der Waals surface area contributed by atoms with Gasteiger partial charge in [-0.05, 0) is 74.2 Å². The quantitative estimate of drug-likeness (QED) is 0.671. The Morgan fingerprint density at radius 2 is 1.79 bits per heavy atom. The maximum absolute atomic E-state index is 13.2. The zero-order chi connectivity index (χ0) is 21.2. The van der Waals surface area contributed by atoms with Crippen molar-refractivity contribution in [3.05, 3.63) is 11.6 Å². The van der Waals surface area contributed by atoms with Gasteiger partial charge in [-0.25, -0.2) is 0 Å². The molecule has 1 N–H and O–H groups in total. The summed E-state index contributed by atoms with van der Waals surface area (Å²) in [5, 5.41) is 11.7. The van der Waals surface area contributed by atoms with E-state index in [1.54, 1.807) is 11.8 Å². The average molecular weight is 419 g/mol. The number of fused-ring (bicyclic) bond motifs is 5. The second-order valence-corrected chi connectivity index (χ2v) is 13.5. The molecular formula is C25H38O3S. The van der Waals surface area contributed by atoms with Gasteiger partial charge in [-0.1, -0.05) is 40.2 Å². The molecule has 3 fully saturated rings. The molecule has 0 unspecified atom stereocenters. The normalized spacial score (nSPS) is 44.6. The number of aliphatic hydroxyl groups is 1. The first-order valence-corrected chi connectivity index (χ1v) is 12.5. The zero-order valence-electron chi connectivity index (χ0n) is 18.8. The van der Waals surface area contributed by atoms with Crippen molar-refractivity contribution in [2.75, 3.05) is 5.75 Å². The number of hydrogen-bond donors (Lipinski definition) is 1. The molecule has 4 heteroatoms. The first-order chi connectivity index (χ1) is 13.4. The Balaban J connectivity index is 1.58. The minimum Gasteiger partial charge on any atom is -0.381 e. The molecule has 0 aromatic heterocycles. The van der Waals surface area contributed by atoms with Gasteiger partial charge >= 0.3 is 0 Å². The summed E-state index contributed by atoms with van der Waals surface area (Å²) in [5.74, 6) is 2.34. The van der Waals surface area contributed by atoms with Gasteiger partial charge in [0.15, 0.2) is 11.6 Å². The van der Waals surface area contributed by atoms with Crippen LogP contribution in [0.25, 0.3) is 0 Å². The fraction of sp³-hybridized carbons (Fsp3) is 0.840. The number of carbonyl (C=O) groups excluding carboxylic acids is 2. The van der Waals surface area contributed by atoms with Gasteiger partial charge in [-0.3, -0.25) is 9.59 Å². The Labute approximate surface area is 180 Å². The van der Waals surface area contributed by atoms with Crippen molar-refractivity contribution in [2.45, 2.75) is 96.3 Å². The molecule has 0 amide bonds. The summed E-state index contributed by atoms with van der Waals surface area (Å²) in [4.78, 5) is 25.2. The number of rotatable bonds is 3. The van der Waals surface area contributed by atoms with Crippen molar-refractivity contribution in [1.29, 1.82) is 0 Å². The molecule has 6 atom stereocenters. The summed E-state index contributed by atoms with van der Waals surface area (Å²) in [5.41, 5.74) is 0.0569. The van der Waals surface area contributed by atoms with E-state index in [0.717, 1.165) is 38.5 Å². The molecule has 3 nitrogen and oxygen atoms in total. The molecule has 29 heavy (non-hydrogen) atoms. The average Bonchev–Trinajstić information content (AvgIpc) is 2.92. The minimum atomic E-state index is -1.17. The Hall–Kier alpha value is -0.610. The van der Waals surface area contributed by atoms with Gasteiger partial charge in [0.2, 0.25) is 0 Å². The van der Waals surface area contributed by atoms with Crippen LogP contribution >= 0.6 is 11.8 Å². The predicted octanol–water partition coefficient (Wildman–Crippen LogP) is 5.35. The van der Waals surface area contributed by atoms with Gasteiger partial charge < -0.3 is 5.11 Å². The third-order valence-electron chi connectivity index (χ3n) is 9.21. The van der Waals surface area contributed by atoms with Gasteiger partial charge in [-0.15, -0.1) is 11.8 Å². The van der Waals surface area contributed by atoms with Gasteiger partial charge in [-0.2, -0.15) is 0 Å². The van der Waals surface area contributed by atoms with Crippen LogP contribution in [0.4, 0.5) is 0 Å². The van der Waals surface area contributed by atoms with Crippen LogP contribution in [0.1, 0.15) is 86.0 Å². The molecule has 4 aliphatic carbocycles. The van der Waals surface area contributed by atoms with Gasteiger partial charge in [0.1, 0.15) is 5.60 Å². The largest absolute Gasteiger partial charge is 0.381 e. The lowest BCUT2D eigenvalue weighted by atomic mass is 9.46. The number of ketones is 2. The summed E-state index contributed by atoms with van der Waals surface area (Å²) >= 11 is 1.65. The van der Waals surface area contributed by atoms with E-state index in [0.29, 0.717) is 42.1 Å². The zero-order valence-corrected chi connectivity index (χ0v) is 19.7. The fourth-order valence-corrected chi connectivity index (χ4v) is 8.24. The predicted molar refractivity (Wildman–Crippen MR) is 119 cm³/mol. The standard InChI is InChI=1S/C25H38O3S/c1-22(2,3)29-15-21(27)25(28)13-10-20-18-7-6-16-14-17(26)8-11-23(16,4)19(18)9-12-24(20,25)5/h14,18-20,28H,6-13,15H2,1-5H3/t18-,19-,20+,23+,24+,25+/m1/s1. The topological polar surface area (TPSA) is 54.4 Å². The Bertz CT molecular complexity index is 750. The monoisotopic (exact) mass is 418 g/mol. The van der Waals surface area contributed by atoms with Crippen LogP contribution in [0.3, 0.4) is 0 Å². The molecule has 0 spiro atoms. The molecular weight excluding hydrogens is 380 g/mol. The SMILES string of the molecule is CC(C)(C)SCC(=O)[C@@]1(O)CC[C@H]2[C@@H]3CCC4=CC(=O)CC[C@]4(C)[C@@H]3CC[C@@]21C. The summed E-state index contributed by atoms with van der Waals surface area (Å²) in [7, 11) is 0. The molecule has 0 heterocycles. The number of carbonyl (C=O) groups is 2. The third-order valence-corrected chi connectivity index (χ3v) is 10.5. The van der Waals surface area contributed by atoms with E-state index in [1.165, 1.54) is 5.57 Å². The minimum absolute atomic E-state index is 0.0295. The summed E-state index contributed by atoms with van der Waals surface area (Å²) < 4.78 is 0.0295.